The number of hydrogen-bond donors (Lipinski definition) is 0. The van der Waals surface area contributed by atoms with Gasteiger partial charge in [0.05, 0.1) is 11.2 Å². The van der Waals surface area contributed by atoms with Crippen molar-refractivity contribution in [2.45, 2.75) is 91.3 Å². The third kappa shape index (κ3) is 5.87. The lowest BCUT2D eigenvalue weighted by molar-refractivity contribution is 0.00578. The maximum atomic E-state index is 6.27. The quantitative estimate of drug-likeness (QED) is 0.272. The zero-order chi connectivity index (χ0) is 25.8. The summed E-state index contributed by atoms with van der Waals surface area (Å²) in [5.41, 5.74) is 6.60. The summed E-state index contributed by atoms with van der Waals surface area (Å²) in [5, 5.41) is 0. The van der Waals surface area contributed by atoms with Crippen LogP contribution >= 0.6 is 0 Å². The molecule has 0 bridgehead atoms. The highest BCUT2D eigenvalue weighted by atomic mass is 16.7. The number of hydrogen-bond acceptors (Lipinski definition) is 3. The Kier molecular flexibility index (Phi) is 8.27. The molecule has 1 aliphatic rings. The second kappa shape index (κ2) is 11.2. The smallest absolute Gasteiger partial charge is 0.399 e. The predicted octanol–water partition coefficient (Wildman–Crippen LogP) is 8.14. The highest BCUT2D eigenvalue weighted by Crippen LogP contribution is 2.38. The number of benzene rings is 3. The molecule has 1 heterocycles. The molecule has 0 spiro atoms. The lowest BCUT2D eigenvalue weighted by Gasteiger charge is -2.32. The number of unbranched alkanes of at least 4 members (excludes halogenated alkanes) is 2. The van der Waals surface area contributed by atoms with Crippen molar-refractivity contribution in [1.82, 2.24) is 0 Å². The van der Waals surface area contributed by atoms with Gasteiger partial charge in [-0.15, -0.1) is 0 Å². The Hall–Kier alpha value is -2.56. The summed E-state index contributed by atoms with van der Waals surface area (Å²) in [7, 11) is -0.354. The zero-order valence-corrected chi connectivity index (χ0v) is 23.0. The van der Waals surface area contributed by atoms with Crippen LogP contribution in [-0.2, 0) is 22.2 Å². The van der Waals surface area contributed by atoms with Crippen molar-refractivity contribution >= 4 is 29.6 Å². The van der Waals surface area contributed by atoms with Crippen molar-refractivity contribution in [3.8, 4) is 0 Å². The van der Waals surface area contributed by atoms with Gasteiger partial charge in [0.15, 0.2) is 0 Å². The van der Waals surface area contributed by atoms with E-state index in [9.17, 15) is 0 Å². The van der Waals surface area contributed by atoms with Gasteiger partial charge in [-0.2, -0.15) is 0 Å². The van der Waals surface area contributed by atoms with Crippen molar-refractivity contribution in [3.05, 3.63) is 83.9 Å². The Bertz CT molecular complexity index is 1040. The fourth-order valence-corrected chi connectivity index (χ4v) is 4.59. The molecule has 0 radical (unpaired) electrons. The van der Waals surface area contributed by atoms with Crippen LogP contribution in [0.2, 0.25) is 0 Å². The summed E-state index contributed by atoms with van der Waals surface area (Å²) < 4.78 is 12.5. The number of aryl methyl sites for hydroxylation is 2. The summed E-state index contributed by atoms with van der Waals surface area (Å²) in [6, 6.07) is 26.7. The zero-order valence-electron chi connectivity index (χ0n) is 23.0. The molecule has 3 nitrogen and oxygen atoms in total. The molecular weight excluding hydrogens is 441 g/mol. The molecule has 190 valence electrons. The Balaban J connectivity index is 1.63. The molecule has 3 aromatic carbocycles. The van der Waals surface area contributed by atoms with Gasteiger partial charge in [0.25, 0.3) is 0 Å². The van der Waals surface area contributed by atoms with Crippen LogP contribution in [0.1, 0.15) is 78.4 Å². The van der Waals surface area contributed by atoms with Crippen molar-refractivity contribution in [2.75, 3.05) is 4.90 Å². The van der Waals surface area contributed by atoms with E-state index in [1.54, 1.807) is 0 Å². The van der Waals surface area contributed by atoms with Crippen LogP contribution in [0.3, 0.4) is 0 Å². The Morgan fingerprint density at radius 1 is 0.583 bits per heavy atom. The van der Waals surface area contributed by atoms with Gasteiger partial charge in [-0.3, -0.25) is 0 Å². The Labute approximate surface area is 219 Å². The third-order valence-electron chi connectivity index (χ3n) is 7.70. The summed E-state index contributed by atoms with van der Waals surface area (Å²) >= 11 is 0. The Morgan fingerprint density at radius 3 is 1.31 bits per heavy atom. The molecule has 0 saturated carbocycles. The fourth-order valence-electron chi connectivity index (χ4n) is 4.59. The first-order valence-electron chi connectivity index (χ1n) is 13.7. The van der Waals surface area contributed by atoms with Gasteiger partial charge in [-0.05, 0) is 106 Å². The molecule has 4 rings (SSSR count). The van der Waals surface area contributed by atoms with Gasteiger partial charge in [0.1, 0.15) is 0 Å². The van der Waals surface area contributed by atoms with Gasteiger partial charge in [0, 0.05) is 17.1 Å². The van der Waals surface area contributed by atoms with Crippen LogP contribution < -0.4 is 10.4 Å². The molecule has 0 atom stereocenters. The summed E-state index contributed by atoms with van der Waals surface area (Å²) in [6.45, 7) is 12.9. The molecule has 0 aromatic heterocycles. The van der Waals surface area contributed by atoms with Crippen LogP contribution in [0.25, 0.3) is 0 Å². The molecule has 4 heteroatoms. The van der Waals surface area contributed by atoms with Crippen molar-refractivity contribution < 1.29 is 9.31 Å². The molecule has 0 amide bonds. The molecule has 36 heavy (non-hydrogen) atoms. The molecule has 0 unspecified atom stereocenters. The molecule has 3 aromatic rings. The maximum Gasteiger partial charge on any atom is 0.494 e. The second-order valence-electron chi connectivity index (χ2n) is 11.1. The SMILES string of the molecule is CCCCc1ccc(N(c2ccc(CCCC)cc2)c2ccc(B3OC(C)(C)C(C)(C)O3)cc2)cc1. The fraction of sp³-hybridized carbons (Fsp3) is 0.438. The van der Waals surface area contributed by atoms with Crippen molar-refractivity contribution in [2.24, 2.45) is 0 Å². The van der Waals surface area contributed by atoms with Crippen LogP contribution in [0.15, 0.2) is 72.8 Å². The van der Waals surface area contributed by atoms with E-state index >= 15 is 0 Å². The molecular formula is C32H42BNO2. The molecule has 0 aliphatic carbocycles. The van der Waals surface area contributed by atoms with E-state index in [1.165, 1.54) is 48.2 Å². The topological polar surface area (TPSA) is 21.7 Å². The van der Waals surface area contributed by atoms with E-state index in [4.69, 9.17) is 9.31 Å². The Morgan fingerprint density at radius 2 is 0.944 bits per heavy atom. The van der Waals surface area contributed by atoms with Crippen LogP contribution in [0.4, 0.5) is 17.1 Å². The second-order valence-corrected chi connectivity index (χ2v) is 11.1. The van der Waals surface area contributed by atoms with Gasteiger partial charge < -0.3 is 14.2 Å². The highest BCUT2D eigenvalue weighted by molar-refractivity contribution is 6.62. The molecule has 1 saturated heterocycles. The molecule has 1 aliphatic heterocycles. The predicted molar refractivity (Wildman–Crippen MR) is 154 cm³/mol. The number of nitrogens with zero attached hydrogens (tertiary/aromatic N) is 1. The minimum atomic E-state index is -0.354. The monoisotopic (exact) mass is 483 g/mol. The van der Waals surface area contributed by atoms with Crippen LogP contribution in [0, 0.1) is 0 Å². The summed E-state index contributed by atoms with van der Waals surface area (Å²) in [4.78, 5) is 2.33. The van der Waals surface area contributed by atoms with E-state index in [0.717, 1.165) is 24.0 Å². The lowest BCUT2D eigenvalue weighted by atomic mass is 9.79. The normalized spacial score (nSPS) is 16.3. The standard InChI is InChI=1S/C32H42BNO2/c1-7-9-11-25-13-19-28(20-14-25)34(29-21-15-26(16-22-29)12-10-8-2)30-23-17-27(18-24-30)33-35-31(3,4)32(5,6)36-33/h13-24H,7-12H2,1-6H3. The minimum absolute atomic E-state index is 0.346. The maximum absolute atomic E-state index is 6.27. The average molecular weight is 484 g/mol. The van der Waals surface area contributed by atoms with E-state index in [1.807, 2.05) is 0 Å². The van der Waals surface area contributed by atoms with Crippen molar-refractivity contribution in [3.63, 3.8) is 0 Å². The number of anilines is 3. The summed E-state index contributed by atoms with van der Waals surface area (Å²) in [5.74, 6) is 0. The largest absolute Gasteiger partial charge is 0.494 e. The first-order chi connectivity index (χ1) is 17.2. The van der Waals surface area contributed by atoms with Gasteiger partial charge >= 0.3 is 7.12 Å². The van der Waals surface area contributed by atoms with Crippen LogP contribution in [0.5, 0.6) is 0 Å². The summed E-state index contributed by atoms with van der Waals surface area (Å²) in [6.07, 6.45) is 7.14. The van der Waals surface area contributed by atoms with Gasteiger partial charge in [0.2, 0.25) is 0 Å². The first kappa shape index (κ1) is 26.5. The van der Waals surface area contributed by atoms with Crippen molar-refractivity contribution in [1.29, 1.82) is 0 Å². The average Bonchev–Trinajstić information content (AvgIpc) is 3.10. The highest BCUT2D eigenvalue weighted by Gasteiger charge is 2.51. The van der Waals surface area contributed by atoms with E-state index in [0.29, 0.717) is 0 Å². The first-order valence-corrected chi connectivity index (χ1v) is 13.7. The third-order valence-corrected chi connectivity index (χ3v) is 7.70. The molecule has 1 fully saturated rings. The molecule has 0 N–H and O–H groups in total. The minimum Gasteiger partial charge on any atom is -0.399 e. The van der Waals surface area contributed by atoms with E-state index in [2.05, 4.69) is 119 Å². The van der Waals surface area contributed by atoms with Gasteiger partial charge in [-0.1, -0.05) is 63.1 Å². The lowest BCUT2D eigenvalue weighted by Crippen LogP contribution is -2.41. The number of rotatable bonds is 10. The van der Waals surface area contributed by atoms with E-state index < -0.39 is 0 Å². The van der Waals surface area contributed by atoms with Crippen LogP contribution in [-0.4, -0.2) is 18.3 Å². The van der Waals surface area contributed by atoms with Gasteiger partial charge in [-0.25, -0.2) is 0 Å². The van der Waals surface area contributed by atoms with E-state index in [-0.39, 0.29) is 18.3 Å².